The van der Waals surface area contributed by atoms with Crippen LogP contribution in [0.3, 0.4) is 0 Å². The normalized spacial score (nSPS) is 12.5. The highest BCUT2D eigenvalue weighted by atomic mass is 79.9. The molecule has 0 saturated heterocycles. The first-order chi connectivity index (χ1) is 9.02. The van der Waals surface area contributed by atoms with Gasteiger partial charge in [-0.3, -0.25) is 0 Å². The van der Waals surface area contributed by atoms with Gasteiger partial charge in [0, 0.05) is 10.0 Å². The Morgan fingerprint density at radius 2 is 1.68 bits per heavy atom. The Bertz CT molecular complexity index is 578. The van der Waals surface area contributed by atoms with Crippen LogP contribution in [0.15, 0.2) is 40.9 Å². The molecule has 0 amide bonds. The van der Waals surface area contributed by atoms with Gasteiger partial charge in [0.05, 0.1) is 6.04 Å². The molecule has 5 heteroatoms. The summed E-state index contributed by atoms with van der Waals surface area (Å²) in [6.07, 6.45) is 0. The van der Waals surface area contributed by atoms with Gasteiger partial charge >= 0.3 is 0 Å². The summed E-state index contributed by atoms with van der Waals surface area (Å²) in [6.45, 7) is 0. The highest BCUT2D eigenvalue weighted by Crippen LogP contribution is 2.29. The quantitative estimate of drug-likeness (QED) is 0.890. The number of hydrogen-bond donors (Lipinski definition) is 1. The molecule has 0 aliphatic carbocycles. The lowest BCUT2D eigenvalue weighted by atomic mass is 9.98. The van der Waals surface area contributed by atoms with Gasteiger partial charge < -0.3 is 5.32 Å². The Kier molecular flexibility index (Phi) is 4.27. The smallest absolute Gasteiger partial charge is 0.132 e. The highest BCUT2D eigenvalue weighted by molar-refractivity contribution is 9.10. The molecule has 1 nitrogen and oxygen atoms in total. The van der Waals surface area contributed by atoms with Crippen LogP contribution in [0.4, 0.5) is 13.2 Å². The van der Waals surface area contributed by atoms with E-state index in [9.17, 15) is 13.2 Å². The van der Waals surface area contributed by atoms with Crippen molar-refractivity contribution in [1.82, 2.24) is 5.32 Å². The van der Waals surface area contributed by atoms with Gasteiger partial charge in [-0.25, -0.2) is 13.2 Å². The van der Waals surface area contributed by atoms with Gasteiger partial charge in [-0.1, -0.05) is 28.1 Å². The zero-order chi connectivity index (χ0) is 14.0. The monoisotopic (exact) mass is 329 g/mol. The van der Waals surface area contributed by atoms with Crippen molar-refractivity contribution in [3.05, 3.63) is 69.4 Å². The van der Waals surface area contributed by atoms with Gasteiger partial charge in [0.25, 0.3) is 0 Å². The minimum atomic E-state index is -0.746. The second-order valence-electron chi connectivity index (χ2n) is 4.06. The van der Waals surface area contributed by atoms with E-state index in [1.54, 1.807) is 13.1 Å². The fourth-order valence-corrected chi connectivity index (χ4v) is 2.39. The molecular formula is C14H11BrF3N. The second-order valence-corrected chi connectivity index (χ2v) is 4.98. The van der Waals surface area contributed by atoms with Crippen molar-refractivity contribution in [1.29, 1.82) is 0 Å². The minimum Gasteiger partial charge on any atom is -0.309 e. The summed E-state index contributed by atoms with van der Waals surface area (Å²) < 4.78 is 41.4. The third kappa shape index (κ3) is 2.98. The van der Waals surface area contributed by atoms with E-state index in [0.717, 1.165) is 0 Å². The van der Waals surface area contributed by atoms with Crippen LogP contribution in [0.1, 0.15) is 17.2 Å². The Hall–Kier alpha value is -1.33. The van der Waals surface area contributed by atoms with Crippen molar-refractivity contribution in [2.45, 2.75) is 6.04 Å². The molecule has 0 spiro atoms. The van der Waals surface area contributed by atoms with Gasteiger partial charge in [-0.05, 0) is 36.9 Å². The second kappa shape index (κ2) is 5.75. The summed E-state index contributed by atoms with van der Waals surface area (Å²) in [5.74, 6) is -1.82. The van der Waals surface area contributed by atoms with Crippen LogP contribution in [-0.2, 0) is 0 Å². The topological polar surface area (TPSA) is 12.0 Å². The summed E-state index contributed by atoms with van der Waals surface area (Å²) in [5, 5.41) is 2.80. The highest BCUT2D eigenvalue weighted by Gasteiger charge is 2.21. The zero-order valence-electron chi connectivity index (χ0n) is 10.1. The van der Waals surface area contributed by atoms with Crippen LogP contribution >= 0.6 is 15.9 Å². The fraction of sp³-hybridized carbons (Fsp3) is 0.143. The Balaban J connectivity index is 2.54. The number of benzene rings is 2. The fourth-order valence-electron chi connectivity index (χ4n) is 1.99. The average Bonchev–Trinajstić information content (AvgIpc) is 2.33. The van der Waals surface area contributed by atoms with Gasteiger partial charge in [-0.15, -0.1) is 0 Å². The number of rotatable bonds is 3. The zero-order valence-corrected chi connectivity index (χ0v) is 11.6. The molecule has 0 radical (unpaired) electrons. The summed E-state index contributed by atoms with van der Waals surface area (Å²) in [6, 6.07) is 7.27. The van der Waals surface area contributed by atoms with Crippen molar-refractivity contribution in [3.8, 4) is 0 Å². The van der Waals surface area contributed by atoms with E-state index < -0.39 is 23.5 Å². The van der Waals surface area contributed by atoms with Gasteiger partial charge in [0.2, 0.25) is 0 Å². The number of nitrogens with one attached hydrogen (secondary N) is 1. The molecule has 0 fully saturated rings. The first kappa shape index (κ1) is 14.1. The average molecular weight is 330 g/mol. The van der Waals surface area contributed by atoms with Crippen molar-refractivity contribution < 1.29 is 13.2 Å². The molecular weight excluding hydrogens is 319 g/mol. The Labute approximate surface area is 117 Å². The molecule has 2 aromatic rings. The summed E-state index contributed by atoms with van der Waals surface area (Å²) in [5.41, 5.74) is 0.332. The lowest BCUT2D eigenvalue weighted by Gasteiger charge is -2.19. The molecule has 0 aliphatic heterocycles. The van der Waals surface area contributed by atoms with E-state index in [-0.39, 0.29) is 5.56 Å². The number of hydrogen-bond acceptors (Lipinski definition) is 1. The van der Waals surface area contributed by atoms with Gasteiger partial charge in [0.15, 0.2) is 0 Å². The molecule has 19 heavy (non-hydrogen) atoms. The lowest BCUT2D eigenvalue weighted by molar-refractivity contribution is 0.519. The van der Waals surface area contributed by atoms with Crippen LogP contribution in [-0.4, -0.2) is 7.05 Å². The maximum atomic E-state index is 13.9. The van der Waals surface area contributed by atoms with E-state index >= 15 is 0 Å². The molecule has 1 unspecified atom stereocenters. The van der Waals surface area contributed by atoms with Gasteiger partial charge in [0.1, 0.15) is 17.5 Å². The summed E-state index contributed by atoms with van der Waals surface area (Å²) >= 11 is 3.03. The largest absolute Gasteiger partial charge is 0.309 e. The van der Waals surface area contributed by atoms with E-state index in [4.69, 9.17) is 0 Å². The molecule has 0 aromatic heterocycles. The predicted octanol–water partition coefficient (Wildman–Crippen LogP) is 4.18. The maximum Gasteiger partial charge on any atom is 0.132 e. The van der Waals surface area contributed by atoms with Crippen molar-refractivity contribution in [2.24, 2.45) is 0 Å². The Morgan fingerprint density at radius 3 is 2.21 bits per heavy atom. The van der Waals surface area contributed by atoms with Crippen molar-refractivity contribution >= 4 is 15.9 Å². The number of halogens is 4. The van der Waals surface area contributed by atoms with Crippen LogP contribution in [0.5, 0.6) is 0 Å². The standard InChI is InChI=1S/C14H11BrF3N/c1-19-14(8-3-2-4-10(16)5-8)13-11(17)6-9(15)7-12(13)18/h2-7,14,19H,1H3. The molecule has 2 rings (SSSR count). The third-order valence-electron chi connectivity index (χ3n) is 2.80. The third-order valence-corrected chi connectivity index (χ3v) is 3.26. The van der Waals surface area contributed by atoms with Crippen molar-refractivity contribution in [2.75, 3.05) is 7.05 Å². The minimum absolute atomic E-state index is 0.128. The lowest BCUT2D eigenvalue weighted by Crippen LogP contribution is -2.20. The molecule has 100 valence electrons. The van der Waals surface area contributed by atoms with Crippen LogP contribution in [0.25, 0.3) is 0 Å². The van der Waals surface area contributed by atoms with E-state index in [1.807, 2.05) is 0 Å². The predicted molar refractivity (Wildman–Crippen MR) is 71.4 cm³/mol. The van der Waals surface area contributed by atoms with E-state index in [1.165, 1.54) is 30.3 Å². The SMILES string of the molecule is CNC(c1cccc(F)c1)c1c(F)cc(Br)cc1F. The van der Waals surface area contributed by atoms with E-state index in [2.05, 4.69) is 21.2 Å². The first-order valence-electron chi connectivity index (χ1n) is 5.60. The Morgan fingerprint density at radius 1 is 1.05 bits per heavy atom. The van der Waals surface area contributed by atoms with Crippen molar-refractivity contribution in [3.63, 3.8) is 0 Å². The van der Waals surface area contributed by atoms with E-state index in [0.29, 0.717) is 10.0 Å². The van der Waals surface area contributed by atoms with Crippen LogP contribution in [0, 0.1) is 17.5 Å². The molecule has 1 atom stereocenters. The van der Waals surface area contributed by atoms with Gasteiger partial charge in [-0.2, -0.15) is 0 Å². The summed E-state index contributed by atoms with van der Waals surface area (Å²) in [4.78, 5) is 0. The molecule has 1 N–H and O–H groups in total. The molecule has 2 aromatic carbocycles. The first-order valence-corrected chi connectivity index (χ1v) is 6.39. The van der Waals surface area contributed by atoms with Crippen LogP contribution < -0.4 is 5.32 Å². The molecule has 0 saturated carbocycles. The maximum absolute atomic E-state index is 13.9. The molecule has 0 bridgehead atoms. The van der Waals surface area contributed by atoms with Crippen LogP contribution in [0.2, 0.25) is 0 Å². The molecule has 0 aliphatic rings. The summed E-state index contributed by atoms with van der Waals surface area (Å²) in [7, 11) is 1.57. The molecule has 0 heterocycles.